The maximum absolute atomic E-state index is 11.0. The van der Waals surface area contributed by atoms with Gasteiger partial charge >= 0.3 is 5.97 Å². The molecular weight excluding hydrogens is 280 g/mol. The SMILES string of the molecule is Cc1nn(C)c(C(=O)O)c1C(O)C(O)CBr. The highest BCUT2D eigenvalue weighted by molar-refractivity contribution is 9.09. The Balaban J connectivity index is 3.26. The minimum atomic E-state index is -1.26. The predicted octanol–water partition coefficient (Wildman–Crippen LogP) is 0.216. The van der Waals surface area contributed by atoms with Crippen LogP contribution in [0.25, 0.3) is 0 Å². The molecule has 0 radical (unpaired) electrons. The van der Waals surface area contributed by atoms with Crippen molar-refractivity contribution >= 4 is 21.9 Å². The molecule has 1 aromatic rings. The number of aromatic carboxylic acids is 1. The molecule has 1 rings (SSSR count). The molecule has 6 nitrogen and oxygen atoms in total. The van der Waals surface area contributed by atoms with Gasteiger partial charge in [-0.15, -0.1) is 0 Å². The van der Waals surface area contributed by atoms with Gasteiger partial charge in [0.1, 0.15) is 6.10 Å². The van der Waals surface area contributed by atoms with Gasteiger partial charge in [-0.1, -0.05) is 15.9 Å². The fraction of sp³-hybridized carbons (Fsp3) is 0.556. The molecule has 0 aliphatic carbocycles. The average molecular weight is 293 g/mol. The topological polar surface area (TPSA) is 95.6 Å². The van der Waals surface area contributed by atoms with E-state index in [-0.39, 0.29) is 16.6 Å². The van der Waals surface area contributed by atoms with Crippen LogP contribution in [0.15, 0.2) is 0 Å². The number of halogens is 1. The second-order valence-corrected chi connectivity index (χ2v) is 4.09. The first kappa shape index (κ1) is 13.1. The maximum Gasteiger partial charge on any atom is 0.354 e. The summed E-state index contributed by atoms with van der Waals surface area (Å²) in [6.07, 6.45) is -2.33. The summed E-state index contributed by atoms with van der Waals surface area (Å²) in [5, 5.41) is 32.4. The number of carboxylic acid groups (broad SMARTS) is 1. The third-order valence-corrected chi connectivity index (χ3v) is 2.95. The summed E-state index contributed by atoms with van der Waals surface area (Å²) < 4.78 is 1.18. The first-order chi connectivity index (χ1) is 7.40. The van der Waals surface area contributed by atoms with E-state index in [1.807, 2.05) is 0 Å². The molecule has 0 amide bonds. The van der Waals surface area contributed by atoms with Gasteiger partial charge in [-0.2, -0.15) is 5.10 Å². The molecule has 0 aromatic carbocycles. The number of carbonyl (C=O) groups is 1. The third-order valence-electron chi connectivity index (χ3n) is 2.29. The number of aliphatic hydroxyl groups excluding tert-OH is 2. The zero-order chi connectivity index (χ0) is 12.5. The molecule has 0 bridgehead atoms. The Bertz CT molecular complexity index is 404. The van der Waals surface area contributed by atoms with Crippen molar-refractivity contribution in [3.8, 4) is 0 Å². The molecule has 1 heterocycles. The van der Waals surface area contributed by atoms with Crippen LogP contribution in [-0.2, 0) is 7.05 Å². The Morgan fingerprint density at radius 3 is 2.56 bits per heavy atom. The number of hydrogen-bond donors (Lipinski definition) is 3. The third kappa shape index (κ3) is 2.26. The Morgan fingerprint density at radius 1 is 1.56 bits per heavy atom. The number of rotatable bonds is 4. The lowest BCUT2D eigenvalue weighted by atomic mass is 10.0. The minimum Gasteiger partial charge on any atom is -0.477 e. The lowest BCUT2D eigenvalue weighted by Gasteiger charge is -2.15. The molecule has 90 valence electrons. The quantitative estimate of drug-likeness (QED) is 0.690. The van der Waals surface area contributed by atoms with E-state index in [4.69, 9.17) is 5.11 Å². The number of aryl methyl sites for hydroxylation is 2. The maximum atomic E-state index is 11.0. The van der Waals surface area contributed by atoms with Crippen molar-refractivity contribution in [2.24, 2.45) is 7.05 Å². The molecule has 2 unspecified atom stereocenters. The summed E-state index contributed by atoms with van der Waals surface area (Å²) in [6, 6.07) is 0. The zero-order valence-electron chi connectivity index (χ0n) is 8.88. The molecule has 3 N–H and O–H groups in total. The predicted molar refractivity (Wildman–Crippen MR) is 59.7 cm³/mol. The number of carboxylic acids is 1. The lowest BCUT2D eigenvalue weighted by Crippen LogP contribution is -2.22. The van der Waals surface area contributed by atoms with Crippen LogP contribution in [0.3, 0.4) is 0 Å². The van der Waals surface area contributed by atoms with E-state index in [2.05, 4.69) is 21.0 Å². The molecule has 0 spiro atoms. The molecule has 16 heavy (non-hydrogen) atoms. The second kappa shape index (κ2) is 4.94. The molecule has 0 saturated carbocycles. The van der Waals surface area contributed by atoms with Crippen LogP contribution in [-0.4, -0.2) is 42.5 Å². The summed E-state index contributed by atoms with van der Waals surface area (Å²) in [4.78, 5) is 11.0. The Labute approximate surface area is 101 Å². The number of aliphatic hydroxyl groups is 2. The van der Waals surface area contributed by atoms with Gasteiger partial charge in [0.2, 0.25) is 0 Å². The van der Waals surface area contributed by atoms with Gasteiger partial charge in [0.05, 0.1) is 11.8 Å². The molecule has 0 aliphatic heterocycles. The van der Waals surface area contributed by atoms with Crippen molar-refractivity contribution in [1.82, 2.24) is 9.78 Å². The summed E-state index contributed by atoms with van der Waals surface area (Å²) in [6.45, 7) is 1.59. The highest BCUT2D eigenvalue weighted by atomic mass is 79.9. The van der Waals surface area contributed by atoms with Crippen LogP contribution in [0.2, 0.25) is 0 Å². The fourth-order valence-corrected chi connectivity index (χ4v) is 1.91. The molecule has 1 aromatic heterocycles. The van der Waals surface area contributed by atoms with E-state index in [9.17, 15) is 15.0 Å². The first-order valence-electron chi connectivity index (χ1n) is 4.59. The highest BCUT2D eigenvalue weighted by Crippen LogP contribution is 2.25. The van der Waals surface area contributed by atoms with Gasteiger partial charge in [0.25, 0.3) is 0 Å². The highest BCUT2D eigenvalue weighted by Gasteiger charge is 2.28. The van der Waals surface area contributed by atoms with Crippen LogP contribution in [0.4, 0.5) is 0 Å². The van der Waals surface area contributed by atoms with E-state index >= 15 is 0 Å². The van der Waals surface area contributed by atoms with Crippen LogP contribution < -0.4 is 0 Å². The monoisotopic (exact) mass is 292 g/mol. The van der Waals surface area contributed by atoms with Gasteiger partial charge in [-0.05, 0) is 6.92 Å². The van der Waals surface area contributed by atoms with Gasteiger partial charge in [0.15, 0.2) is 5.69 Å². The number of aromatic nitrogens is 2. The largest absolute Gasteiger partial charge is 0.477 e. The molecular formula is C9H13BrN2O4. The molecule has 7 heteroatoms. The smallest absolute Gasteiger partial charge is 0.354 e. The zero-order valence-corrected chi connectivity index (χ0v) is 10.5. The lowest BCUT2D eigenvalue weighted by molar-refractivity contribution is 0.0322. The van der Waals surface area contributed by atoms with Crippen molar-refractivity contribution < 1.29 is 20.1 Å². The van der Waals surface area contributed by atoms with E-state index in [1.54, 1.807) is 6.92 Å². The van der Waals surface area contributed by atoms with Crippen LogP contribution in [0.5, 0.6) is 0 Å². The van der Waals surface area contributed by atoms with Crippen LogP contribution in [0, 0.1) is 6.92 Å². The van der Waals surface area contributed by atoms with Crippen molar-refractivity contribution in [3.05, 3.63) is 17.0 Å². The normalized spacial score (nSPS) is 14.8. The van der Waals surface area contributed by atoms with Crippen molar-refractivity contribution in [3.63, 3.8) is 0 Å². The number of hydrogen-bond acceptors (Lipinski definition) is 4. The Morgan fingerprint density at radius 2 is 2.12 bits per heavy atom. The fourth-order valence-electron chi connectivity index (χ4n) is 1.56. The van der Waals surface area contributed by atoms with E-state index in [0.717, 1.165) is 0 Å². The average Bonchev–Trinajstić information content (AvgIpc) is 2.51. The summed E-state index contributed by atoms with van der Waals surface area (Å²) in [5.41, 5.74) is 0.444. The van der Waals surface area contributed by atoms with Gasteiger partial charge < -0.3 is 15.3 Å². The van der Waals surface area contributed by atoms with Gasteiger partial charge in [-0.25, -0.2) is 4.79 Å². The second-order valence-electron chi connectivity index (χ2n) is 3.44. The van der Waals surface area contributed by atoms with Crippen LogP contribution in [0.1, 0.15) is 27.8 Å². The summed E-state index contributed by atoms with van der Waals surface area (Å²) in [5.74, 6) is -1.18. The summed E-state index contributed by atoms with van der Waals surface area (Å²) >= 11 is 3.02. The van der Waals surface area contributed by atoms with Crippen LogP contribution >= 0.6 is 15.9 Å². The van der Waals surface area contributed by atoms with E-state index in [1.165, 1.54) is 11.7 Å². The van der Waals surface area contributed by atoms with Crippen molar-refractivity contribution in [2.75, 3.05) is 5.33 Å². The van der Waals surface area contributed by atoms with Gasteiger partial charge in [0, 0.05) is 17.9 Å². The molecule has 0 saturated heterocycles. The van der Waals surface area contributed by atoms with E-state index < -0.39 is 18.2 Å². The molecule has 2 atom stereocenters. The Kier molecular flexibility index (Phi) is 4.06. The van der Waals surface area contributed by atoms with Crippen molar-refractivity contribution in [2.45, 2.75) is 19.1 Å². The molecule has 0 fully saturated rings. The Hall–Kier alpha value is -0.920. The standard InChI is InChI=1S/C9H13BrN2O4/c1-4-6(8(14)5(13)3-10)7(9(15)16)12(2)11-4/h5,8,13-14H,3H2,1-2H3,(H,15,16). The number of alkyl halides is 1. The number of nitrogens with zero attached hydrogens (tertiary/aromatic N) is 2. The van der Waals surface area contributed by atoms with E-state index in [0.29, 0.717) is 5.69 Å². The van der Waals surface area contributed by atoms with Crippen molar-refractivity contribution in [1.29, 1.82) is 0 Å². The van der Waals surface area contributed by atoms with Gasteiger partial charge in [-0.3, -0.25) is 4.68 Å². The first-order valence-corrected chi connectivity index (χ1v) is 5.71. The summed E-state index contributed by atoms with van der Waals surface area (Å²) in [7, 11) is 1.48. The molecule has 0 aliphatic rings. The minimum absolute atomic E-state index is 0.106.